The second-order valence-corrected chi connectivity index (χ2v) is 6.54. The Morgan fingerprint density at radius 3 is 2.33 bits per heavy atom. The van der Waals surface area contributed by atoms with E-state index >= 15 is 0 Å². The number of esters is 1. The van der Waals surface area contributed by atoms with Crippen molar-refractivity contribution in [3.05, 3.63) is 35.4 Å². The first-order valence-corrected chi connectivity index (χ1v) is 8.61. The van der Waals surface area contributed by atoms with Gasteiger partial charge in [0.25, 0.3) is 5.91 Å². The van der Waals surface area contributed by atoms with Crippen LogP contribution in [0.4, 0.5) is 18.0 Å². The molecular weight excluding hydrogens is 365 g/mol. The minimum atomic E-state index is -4.51. The Kier molecular flexibility index (Phi) is 6.81. The fraction of sp³-hybridized carbons (Fsp3) is 0.500. The predicted octanol–water partition coefficient (Wildman–Crippen LogP) is 3.27. The van der Waals surface area contributed by atoms with E-state index in [1.54, 1.807) is 0 Å². The molecule has 27 heavy (non-hydrogen) atoms. The third-order valence-electron chi connectivity index (χ3n) is 4.46. The first-order chi connectivity index (χ1) is 12.7. The number of carbonyl (C=O) groups excluding carboxylic acids is 3. The quantitative estimate of drug-likeness (QED) is 0.778. The number of urea groups is 1. The molecule has 2 rings (SSSR count). The van der Waals surface area contributed by atoms with Crippen LogP contribution in [0.25, 0.3) is 0 Å². The van der Waals surface area contributed by atoms with E-state index in [1.165, 1.54) is 0 Å². The Balaban J connectivity index is 1.77. The number of amides is 3. The summed E-state index contributed by atoms with van der Waals surface area (Å²) in [5, 5.41) is 4.79. The topological polar surface area (TPSA) is 84.5 Å². The number of carbonyl (C=O) groups is 3. The van der Waals surface area contributed by atoms with Crippen LogP contribution in [0.15, 0.2) is 24.3 Å². The molecule has 9 heteroatoms. The zero-order valence-corrected chi connectivity index (χ0v) is 14.8. The number of rotatable bonds is 4. The number of alkyl halides is 3. The minimum absolute atomic E-state index is 0.0127. The second-order valence-electron chi connectivity index (χ2n) is 6.54. The van der Waals surface area contributed by atoms with Gasteiger partial charge in [-0.15, -0.1) is 0 Å². The number of hydrogen-bond donors (Lipinski definition) is 2. The molecule has 1 aliphatic carbocycles. The van der Waals surface area contributed by atoms with Gasteiger partial charge in [-0.2, -0.15) is 13.2 Å². The van der Waals surface area contributed by atoms with Gasteiger partial charge in [-0.25, -0.2) is 9.59 Å². The molecule has 0 bridgehead atoms. The smallest absolute Gasteiger partial charge is 0.416 e. The lowest BCUT2D eigenvalue weighted by atomic mass is 9.86. The fourth-order valence-corrected chi connectivity index (χ4v) is 2.91. The molecular formula is C18H21F3N2O4. The summed E-state index contributed by atoms with van der Waals surface area (Å²) in [5.41, 5.74) is -1.03. The van der Waals surface area contributed by atoms with Gasteiger partial charge >= 0.3 is 18.2 Å². The van der Waals surface area contributed by atoms with Crippen LogP contribution in [0.5, 0.6) is 0 Å². The van der Waals surface area contributed by atoms with E-state index < -0.39 is 36.3 Å². The molecule has 0 unspecified atom stereocenters. The monoisotopic (exact) mass is 386 g/mol. The second kappa shape index (κ2) is 8.88. The lowest BCUT2D eigenvalue weighted by Gasteiger charge is -2.29. The molecule has 0 aliphatic heterocycles. The van der Waals surface area contributed by atoms with E-state index in [4.69, 9.17) is 4.74 Å². The molecule has 3 amide bonds. The Labute approximate surface area is 154 Å². The molecule has 1 fully saturated rings. The van der Waals surface area contributed by atoms with Gasteiger partial charge in [0.1, 0.15) is 0 Å². The van der Waals surface area contributed by atoms with E-state index in [1.807, 2.05) is 6.92 Å². The van der Waals surface area contributed by atoms with Gasteiger partial charge in [-0.05, 0) is 43.0 Å². The van der Waals surface area contributed by atoms with Gasteiger partial charge in [0.05, 0.1) is 11.1 Å². The number of ether oxygens (including phenoxy) is 1. The summed E-state index contributed by atoms with van der Waals surface area (Å²) in [6.45, 7) is 1.31. The number of nitrogens with one attached hydrogen (secondary N) is 2. The Bertz CT molecular complexity index is 689. The van der Waals surface area contributed by atoms with Crippen LogP contribution >= 0.6 is 0 Å². The highest BCUT2D eigenvalue weighted by molar-refractivity contribution is 5.97. The average Bonchev–Trinajstić information content (AvgIpc) is 2.61. The first kappa shape index (κ1) is 20.7. The van der Waals surface area contributed by atoms with E-state index in [2.05, 4.69) is 10.6 Å². The third kappa shape index (κ3) is 6.26. The van der Waals surface area contributed by atoms with Crippen molar-refractivity contribution in [1.29, 1.82) is 0 Å². The van der Waals surface area contributed by atoms with Crippen molar-refractivity contribution in [2.75, 3.05) is 6.61 Å². The number of halogens is 3. The van der Waals surface area contributed by atoms with Gasteiger partial charge in [0, 0.05) is 6.04 Å². The summed E-state index contributed by atoms with van der Waals surface area (Å²) in [7, 11) is 0. The molecule has 0 saturated heterocycles. The molecule has 148 valence electrons. The molecule has 0 heterocycles. The van der Waals surface area contributed by atoms with E-state index in [0.29, 0.717) is 5.92 Å². The summed E-state index contributed by atoms with van der Waals surface area (Å²) in [5.74, 6) is -1.46. The Hall–Kier alpha value is -2.58. The van der Waals surface area contributed by atoms with Crippen molar-refractivity contribution >= 4 is 17.9 Å². The summed E-state index contributed by atoms with van der Waals surface area (Å²) < 4.78 is 42.2. The standard InChI is InChI=1S/C18H21F3N2O4/c1-11-4-2-3-5-14(11)22-17(26)23-15(24)10-27-16(25)12-6-8-13(9-7-12)18(19,20)21/h6-9,11,14H,2-5,10H2,1H3,(H2,22,23,24,26)/t11-,14-/m0/s1. The molecule has 6 nitrogen and oxygen atoms in total. The largest absolute Gasteiger partial charge is 0.452 e. The van der Waals surface area contributed by atoms with Crippen molar-refractivity contribution in [2.24, 2.45) is 5.92 Å². The summed E-state index contributed by atoms with van der Waals surface area (Å²) in [6, 6.07) is 2.73. The van der Waals surface area contributed by atoms with Gasteiger partial charge in [0.2, 0.25) is 0 Å². The fourth-order valence-electron chi connectivity index (χ4n) is 2.91. The van der Waals surface area contributed by atoms with Crippen LogP contribution in [0.3, 0.4) is 0 Å². The molecule has 1 aromatic rings. The van der Waals surface area contributed by atoms with Crippen LogP contribution in [0.1, 0.15) is 48.5 Å². The lowest BCUT2D eigenvalue weighted by molar-refractivity contribution is -0.137. The maximum atomic E-state index is 12.5. The zero-order valence-electron chi connectivity index (χ0n) is 14.8. The van der Waals surface area contributed by atoms with Crippen molar-refractivity contribution in [3.63, 3.8) is 0 Å². The summed E-state index contributed by atoms with van der Waals surface area (Å²) in [6.07, 6.45) is -0.547. The highest BCUT2D eigenvalue weighted by atomic mass is 19.4. The van der Waals surface area contributed by atoms with Crippen LogP contribution in [-0.2, 0) is 15.7 Å². The Morgan fingerprint density at radius 2 is 1.74 bits per heavy atom. The maximum absolute atomic E-state index is 12.5. The van der Waals surface area contributed by atoms with Crippen molar-refractivity contribution < 1.29 is 32.3 Å². The van der Waals surface area contributed by atoms with Crippen molar-refractivity contribution in [2.45, 2.75) is 44.8 Å². The average molecular weight is 386 g/mol. The van der Waals surface area contributed by atoms with Crippen LogP contribution in [0.2, 0.25) is 0 Å². The minimum Gasteiger partial charge on any atom is -0.452 e. The van der Waals surface area contributed by atoms with Gasteiger partial charge < -0.3 is 10.1 Å². The Morgan fingerprint density at radius 1 is 1.11 bits per heavy atom. The molecule has 1 aliphatic rings. The highest BCUT2D eigenvalue weighted by Crippen LogP contribution is 2.29. The molecule has 2 atom stereocenters. The molecule has 1 saturated carbocycles. The molecule has 0 aromatic heterocycles. The van der Waals surface area contributed by atoms with Crippen LogP contribution < -0.4 is 10.6 Å². The van der Waals surface area contributed by atoms with Crippen molar-refractivity contribution in [3.8, 4) is 0 Å². The van der Waals surface area contributed by atoms with Gasteiger partial charge in [-0.3, -0.25) is 10.1 Å². The normalized spacial score (nSPS) is 19.9. The molecule has 1 aromatic carbocycles. The predicted molar refractivity (Wildman–Crippen MR) is 89.8 cm³/mol. The third-order valence-corrected chi connectivity index (χ3v) is 4.46. The van der Waals surface area contributed by atoms with E-state index in [-0.39, 0.29) is 11.6 Å². The van der Waals surface area contributed by atoms with Gasteiger partial charge in [0.15, 0.2) is 6.61 Å². The molecule has 0 spiro atoms. The number of imide groups is 1. The van der Waals surface area contributed by atoms with Crippen molar-refractivity contribution in [1.82, 2.24) is 10.6 Å². The molecule has 0 radical (unpaired) electrons. The lowest BCUT2D eigenvalue weighted by Crippen LogP contribution is -2.48. The van der Waals surface area contributed by atoms with E-state index in [9.17, 15) is 27.6 Å². The van der Waals surface area contributed by atoms with Gasteiger partial charge in [-0.1, -0.05) is 19.8 Å². The van der Waals surface area contributed by atoms with Crippen LogP contribution in [0, 0.1) is 5.92 Å². The number of hydrogen-bond acceptors (Lipinski definition) is 4. The SMILES string of the molecule is C[C@H]1CCCC[C@@H]1NC(=O)NC(=O)COC(=O)c1ccc(C(F)(F)F)cc1. The zero-order chi connectivity index (χ0) is 20.0. The maximum Gasteiger partial charge on any atom is 0.416 e. The highest BCUT2D eigenvalue weighted by Gasteiger charge is 2.30. The summed E-state index contributed by atoms with van der Waals surface area (Å²) in [4.78, 5) is 35.3. The summed E-state index contributed by atoms with van der Waals surface area (Å²) >= 11 is 0. The number of benzene rings is 1. The van der Waals surface area contributed by atoms with E-state index in [0.717, 1.165) is 49.9 Å². The first-order valence-electron chi connectivity index (χ1n) is 8.61. The van der Waals surface area contributed by atoms with Crippen LogP contribution in [-0.4, -0.2) is 30.6 Å². The molecule has 2 N–H and O–H groups in total.